The first kappa shape index (κ1) is 12.8. The first-order chi connectivity index (χ1) is 9.47. The average Bonchev–Trinajstić information content (AvgIpc) is 2.79. The van der Waals surface area contributed by atoms with Crippen LogP contribution in [0.2, 0.25) is 0 Å². The van der Waals surface area contributed by atoms with Crippen LogP contribution in [0.15, 0.2) is 30.3 Å². The average molecular weight is 278 g/mol. The summed E-state index contributed by atoms with van der Waals surface area (Å²) in [5, 5.41) is 0. The quantitative estimate of drug-likeness (QED) is 0.804. The molecule has 0 N–H and O–H groups in total. The fraction of sp³-hybridized carbons (Fsp3) is 0.214. The molecule has 0 radical (unpaired) electrons. The van der Waals surface area contributed by atoms with Gasteiger partial charge in [0.2, 0.25) is 0 Å². The number of alkyl halides is 3. The van der Waals surface area contributed by atoms with E-state index in [1.165, 1.54) is 0 Å². The lowest BCUT2D eigenvalue weighted by atomic mass is 10.1. The number of nitrogens with zero attached hydrogens (tertiary/aromatic N) is 2. The maximum absolute atomic E-state index is 13.1. The number of ketones is 1. The number of benzene rings is 1. The Balaban J connectivity index is 2.24. The maximum Gasteiger partial charge on any atom is 0.434 e. The van der Waals surface area contributed by atoms with Crippen LogP contribution in [0.4, 0.5) is 13.2 Å². The lowest BCUT2D eigenvalue weighted by molar-refractivity contribution is -0.141. The highest BCUT2D eigenvalue weighted by atomic mass is 19.4. The van der Waals surface area contributed by atoms with E-state index >= 15 is 0 Å². The minimum atomic E-state index is -4.66. The predicted octanol–water partition coefficient (Wildman–Crippen LogP) is 3.29. The Hall–Kier alpha value is -2.24. The predicted molar refractivity (Wildman–Crippen MR) is 65.1 cm³/mol. The normalized spacial score (nSPS) is 14.4. The third-order valence-corrected chi connectivity index (χ3v) is 3.15. The fourth-order valence-corrected chi connectivity index (χ4v) is 2.26. The summed E-state index contributed by atoms with van der Waals surface area (Å²) in [6, 6.07) is 8.43. The summed E-state index contributed by atoms with van der Waals surface area (Å²) in [4.78, 5) is 19.3. The van der Waals surface area contributed by atoms with Crippen molar-refractivity contribution in [1.29, 1.82) is 0 Å². The molecule has 102 valence electrons. The van der Waals surface area contributed by atoms with Crippen molar-refractivity contribution in [2.24, 2.45) is 0 Å². The molecule has 0 aliphatic heterocycles. The van der Waals surface area contributed by atoms with Gasteiger partial charge in [0.05, 0.1) is 11.3 Å². The van der Waals surface area contributed by atoms with Crippen molar-refractivity contribution in [3.8, 4) is 11.4 Å². The van der Waals surface area contributed by atoms with Gasteiger partial charge in [-0.25, -0.2) is 9.97 Å². The molecule has 1 aromatic carbocycles. The molecular formula is C14H9F3N2O. The van der Waals surface area contributed by atoms with Crippen LogP contribution in [0.5, 0.6) is 0 Å². The number of fused-ring (bicyclic) bond motifs is 1. The first-order valence-electron chi connectivity index (χ1n) is 6.03. The van der Waals surface area contributed by atoms with Gasteiger partial charge in [-0.05, 0) is 6.42 Å². The van der Waals surface area contributed by atoms with Crippen LogP contribution < -0.4 is 0 Å². The van der Waals surface area contributed by atoms with Crippen LogP contribution in [-0.2, 0) is 12.6 Å². The minimum Gasteiger partial charge on any atom is -0.294 e. The van der Waals surface area contributed by atoms with E-state index in [9.17, 15) is 18.0 Å². The van der Waals surface area contributed by atoms with Crippen LogP contribution in [-0.4, -0.2) is 15.8 Å². The molecule has 0 spiro atoms. The van der Waals surface area contributed by atoms with Gasteiger partial charge in [-0.15, -0.1) is 0 Å². The number of carbonyl (C=O) groups is 1. The van der Waals surface area contributed by atoms with E-state index in [1.807, 2.05) is 0 Å². The molecule has 1 aliphatic carbocycles. The van der Waals surface area contributed by atoms with E-state index in [4.69, 9.17) is 0 Å². The molecular weight excluding hydrogens is 269 g/mol. The van der Waals surface area contributed by atoms with Gasteiger partial charge >= 0.3 is 6.18 Å². The van der Waals surface area contributed by atoms with E-state index in [-0.39, 0.29) is 29.9 Å². The van der Waals surface area contributed by atoms with E-state index in [0.29, 0.717) is 5.56 Å². The Kier molecular flexibility index (Phi) is 2.81. The molecule has 6 heteroatoms. The molecule has 0 bridgehead atoms. The van der Waals surface area contributed by atoms with Gasteiger partial charge in [0.25, 0.3) is 0 Å². The summed E-state index contributed by atoms with van der Waals surface area (Å²) >= 11 is 0. The molecule has 3 nitrogen and oxygen atoms in total. The Bertz CT molecular complexity index is 681. The largest absolute Gasteiger partial charge is 0.434 e. The minimum absolute atomic E-state index is 0.00590. The number of halogens is 3. The lowest BCUT2D eigenvalue weighted by Gasteiger charge is -2.12. The SMILES string of the molecule is O=C1CCc2nc(-c3ccccc3)nc(C(F)(F)F)c21. The summed E-state index contributed by atoms with van der Waals surface area (Å²) in [6.45, 7) is 0. The first-order valence-corrected chi connectivity index (χ1v) is 6.03. The summed E-state index contributed by atoms with van der Waals surface area (Å²) in [5.74, 6) is -0.529. The van der Waals surface area contributed by atoms with Gasteiger partial charge in [-0.2, -0.15) is 13.2 Å². The van der Waals surface area contributed by atoms with E-state index in [2.05, 4.69) is 9.97 Å². The highest BCUT2D eigenvalue weighted by Gasteiger charge is 2.41. The molecule has 0 unspecified atom stereocenters. The molecule has 0 fully saturated rings. The van der Waals surface area contributed by atoms with Crippen molar-refractivity contribution >= 4 is 5.78 Å². The molecule has 0 saturated heterocycles. The third kappa shape index (κ3) is 2.07. The molecule has 0 saturated carbocycles. The molecule has 0 amide bonds. The summed E-state index contributed by atoms with van der Waals surface area (Å²) in [6.07, 6.45) is -4.36. The number of aromatic nitrogens is 2. The van der Waals surface area contributed by atoms with Gasteiger partial charge in [-0.3, -0.25) is 4.79 Å². The van der Waals surface area contributed by atoms with Crippen molar-refractivity contribution in [3.05, 3.63) is 47.3 Å². The summed E-state index contributed by atoms with van der Waals surface area (Å²) in [7, 11) is 0. The highest BCUT2D eigenvalue weighted by Crippen LogP contribution is 2.36. The molecule has 3 rings (SSSR count). The summed E-state index contributed by atoms with van der Waals surface area (Å²) < 4.78 is 39.2. The molecule has 1 aliphatic rings. The smallest absolute Gasteiger partial charge is 0.294 e. The third-order valence-electron chi connectivity index (χ3n) is 3.15. The van der Waals surface area contributed by atoms with E-state index in [1.54, 1.807) is 30.3 Å². The van der Waals surface area contributed by atoms with Crippen LogP contribution in [0.25, 0.3) is 11.4 Å². The van der Waals surface area contributed by atoms with E-state index in [0.717, 1.165) is 0 Å². The van der Waals surface area contributed by atoms with Crippen LogP contribution in [0.3, 0.4) is 0 Å². The van der Waals surface area contributed by atoms with Gasteiger partial charge in [-0.1, -0.05) is 30.3 Å². The van der Waals surface area contributed by atoms with Crippen LogP contribution >= 0.6 is 0 Å². The van der Waals surface area contributed by atoms with Gasteiger partial charge < -0.3 is 0 Å². The fourth-order valence-electron chi connectivity index (χ4n) is 2.26. The second-order valence-corrected chi connectivity index (χ2v) is 4.50. The van der Waals surface area contributed by atoms with Crippen molar-refractivity contribution in [2.45, 2.75) is 19.0 Å². The zero-order chi connectivity index (χ0) is 14.3. The standard InChI is InChI=1S/C14H9F3N2O/c15-14(16,17)12-11-9(6-7-10(11)20)18-13(19-12)8-4-2-1-3-5-8/h1-5H,6-7H2. The van der Waals surface area contributed by atoms with Gasteiger partial charge in [0, 0.05) is 12.0 Å². The van der Waals surface area contributed by atoms with Crippen molar-refractivity contribution < 1.29 is 18.0 Å². The molecule has 2 aromatic rings. The molecule has 1 heterocycles. The number of hydrogen-bond acceptors (Lipinski definition) is 3. The number of aryl methyl sites for hydroxylation is 1. The Morgan fingerprint density at radius 1 is 1.00 bits per heavy atom. The van der Waals surface area contributed by atoms with Gasteiger partial charge in [0.1, 0.15) is 0 Å². The lowest BCUT2D eigenvalue weighted by Crippen LogP contribution is -2.16. The molecule has 1 aromatic heterocycles. The highest BCUT2D eigenvalue weighted by molar-refractivity contribution is 6.01. The zero-order valence-electron chi connectivity index (χ0n) is 10.2. The number of carbonyl (C=O) groups excluding carboxylic acids is 1. The second-order valence-electron chi connectivity index (χ2n) is 4.50. The van der Waals surface area contributed by atoms with Crippen molar-refractivity contribution in [2.75, 3.05) is 0 Å². The molecule has 20 heavy (non-hydrogen) atoms. The van der Waals surface area contributed by atoms with Crippen LogP contribution in [0.1, 0.15) is 28.2 Å². The molecule has 0 atom stereocenters. The Labute approximate surface area is 112 Å². The topological polar surface area (TPSA) is 42.9 Å². The Morgan fingerprint density at radius 3 is 2.35 bits per heavy atom. The maximum atomic E-state index is 13.1. The number of hydrogen-bond donors (Lipinski definition) is 0. The number of Topliss-reactive ketones (excluding diaryl/α,β-unsaturated/α-hetero) is 1. The summed E-state index contributed by atoms with van der Waals surface area (Å²) in [5.41, 5.74) is -0.794. The Morgan fingerprint density at radius 2 is 1.70 bits per heavy atom. The zero-order valence-corrected chi connectivity index (χ0v) is 10.2. The van der Waals surface area contributed by atoms with E-state index < -0.39 is 17.7 Å². The monoisotopic (exact) mass is 278 g/mol. The number of rotatable bonds is 1. The van der Waals surface area contributed by atoms with Crippen molar-refractivity contribution in [3.63, 3.8) is 0 Å². The van der Waals surface area contributed by atoms with Crippen molar-refractivity contribution in [1.82, 2.24) is 9.97 Å². The second kappa shape index (κ2) is 4.40. The van der Waals surface area contributed by atoms with Gasteiger partial charge in [0.15, 0.2) is 17.3 Å². The van der Waals surface area contributed by atoms with Crippen LogP contribution in [0, 0.1) is 0 Å².